The molecular weight excluding hydrogens is 204 g/mol. The molecule has 1 aliphatic heterocycles. The molecule has 92 valence electrons. The fourth-order valence-electron chi connectivity index (χ4n) is 2.47. The lowest BCUT2D eigenvalue weighted by molar-refractivity contribution is -0.139. The van der Waals surface area contributed by atoms with Crippen LogP contribution in [0, 0.1) is 5.41 Å². The first kappa shape index (κ1) is 13.2. The molecule has 0 atom stereocenters. The van der Waals surface area contributed by atoms with Crippen molar-refractivity contribution in [1.29, 1.82) is 0 Å². The van der Waals surface area contributed by atoms with Crippen molar-refractivity contribution in [2.75, 3.05) is 13.1 Å². The molecule has 1 rings (SSSR count). The first-order chi connectivity index (χ1) is 7.10. The van der Waals surface area contributed by atoms with Crippen molar-refractivity contribution in [3.05, 3.63) is 0 Å². The van der Waals surface area contributed by atoms with E-state index in [0.717, 1.165) is 6.42 Å². The number of hydrogen-bond acceptors (Lipinski definition) is 3. The predicted octanol–water partition coefficient (Wildman–Crippen LogP) is 1.16. The SMILES string of the molecule is CC(C)(C)CC(C)(C)N1CC(=O)NC(=O)C1. The number of imide groups is 1. The molecule has 1 heterocycles. The molecule has 4 heteroatoms. The molecule has 1 N–H and O–H groups in total. The van der Waals surface area contributed by atoms with Crippen LogP contribution in [0.3, 0.4) is 0 Å². The van der Waals surface area contributed by atoms with Crippen LogP contribution in [0.4, 0.5) is 0 Å². The van der Waals surface area contributed by atoms with Crippen LogP contribution in [0.25, 0.3) is 0 Å². The second-order valence-corrected chi connectivity index (χ2v) is 6.38. The monoisotopic (exact) mass is 226 g/mol. The van der Waals surface area contributed by atoms with Crippen LogP contribution in [0.15, 0.2) is 0 Å². The number of carbonyl (C=O) groups is 2. The largest absolute Gasteiger partial charge is 0.294 e. The number of hydrogen-bond donors (Lipinski definition) is 1. The fraction of sp³-hybridized carbons (Fsp3) is 0.833. The highest BCUT2D eigenvalue weighted by Gasteiger charge is 2.36. The highest BCUT2D eigenvalue weighted by Crippen LogP contribution is 2.31. The molecule has 1 fully saturated rings. The fourth-order valence-corrected chi connectivity index (χ4v) is 2.47. The average Bonchev–Trinajstić information content (AvgIpc) is 1.96. The van der Waals surface area contributed by atoms with Crippen LogP contribution in [0.5, 0.6) is 0 Å². The second kappa shape index (κ2) is 4.17. The smallest absolute Gasteiger partial charge is 0.240 e. The van der Waals surface area contributed by atoms with E-state index in [1.807, 2.05) is 4.90 Å². The van der Waals surface area contributed by atoms with E-state index < -0.39 is 0 Å². The van der Waals surface area contributed by atoms with Gasteiger partial charge >= 0.3 is 0 Å². The zero-order chi connectivity index (χ0) is 12.6. The standard InChI is InChI=1S/C12H22N2O2/c1-11(2,3)8-12(4,5)14-6-9(15)13-10(16)7-14/h6-8H2,1-5H3,(H,13,15,16). The third kappa shape index (κ3) is 3.59. The van der Waals surface area contributed by atoms with Crippen molar-refractivity contribution in [2.24, 2.45) is 5.41 Å². The van der Waals surface area contributed by atoms with E-state index in [1.54, 1.807) is 0 Å². The van der Waals surface area contributed by atoms with Crippen molar-refractivity contribution in [3.63, 3.8) is 0 Å². The Morgan fingerprint density at radius 1 is 1.06 bits per heavy atom. The van der Waals surface area contributed by atoms with E-state index in [1.165, 1.54) is 0 Å². The van der Waals surface area contributed by atoms with Gasteiger partial charge in [0.15, 0.2) is 0 Å². The third-order valence-corrected chi connectivity index (χ3v) is 2.77. The molecule has 0 saturated carbocycles. The molecule has 1 saturated heterocycles. The van der Waals surface area contributed by atoms with Gasteiger partial charge < -0.3 is 0 Å². The van der Waals surface area contributed by atoms with Gasteiger partial charge in [-0.05, 0) is 25.7 Å². The summed E-state index contributed by atoms with van der Waals surface area (Å²) < 4.78 is 0. The lowest BCUT2D eigenvalue weighted by atomic mass is 9.80. The number of piperazine rings is 1. The summed E-state index contributed by atoms with van der Waals surface area (Å²) in [6, 6.07) is 0. The van der Waals surface area contributed by atoms with Crippen LogP contribution in [-0.4, -0.2) is 35.3 Å². The molecule has 0 aromatic heterocycles. The maximum Gasteiger partial charge on any atom is 0.240 e. The Morgan fingerprint density at radius 3 is 1.88 bits per heavy atom. The molecule has 0 aliphatic carbocycles. The maximum absolute atomic E-state index is 11.3. The van der Waals surface area contributed by atoms with Gasteiger partial charge in [-0.1, -0.05) is 20.8 Å². The Labute approximate surface area is 97.4 Å². The predicted molar refractivity (Wildman–Crippen MR) is 62.9 cm³/mol. The van der Waals surface area contributed by atoms with Crippen molar-refractivity contribution in [3.8, 4) is 0 Å². The van der Waals surface area contributed by atoms with Gasteiger partial charge in [0.05, 0.1) is 13.1 Å². The Bertz CT molecular complexity index is 287. The average molecular weight is 226 g/mol. The number of carbonyl (C=O) groups excluding carboxylic acids is 2. The molecule has 0 radical (unpaired) electrons. The van der Waals surface area contributed by atoms with Gasteiger partial charge in [0.2, 0.25) is 11.8 Å². The summed E-state index contributed by atoms with van der Waals surface area (Å²) in [7, 11) is 0. The Kier molecular flexibility index (Phi) is 3.43. The normalized spacial score (nSPS) is 19.8. The van der Waals surface area contributed by atoms with Gasteiger partial charge in [0.1, 0.15) is 0 Å². The zero-order valence-corrected chi connectivity index (χ0v) is 10.9. The molecule has 0 spiro atoms. The van der Waals surface area contributed by atoms with Crippen LogP contribution < -0.4 is 5.32 Å². The Balaban J connectivity index is 2.74. The van der Waals surface area contributed by atoms with Gasteiger partial charge in [-0.3, -0.25) is 19.8 Å². The summed E-state index contributed by atoms with van der Waals surface area (Å²) in [5.41, 5.74) is 0.0478. The molecule has 4 nitrogen and oxygen atoms in total. The summed E-state index contributed by atoms with van der Waals surface area (Å²) >= 11 is 0. The van der Waals surface area contributed by atoms with Crippen LogP contribution in [-0.2, 0) is 9.59 Å². The molecule has 2 amide bonds. The molecular formula is C12H22N2O2. The van der Waals surface area contributed by atoms with Gasteiger partial charge in [0, 0.05) is 5.54 Å². The minimum absolute atomic E-state index is 0.133. The first-order valence-corrected chi connectivity index (χ1v) is 5.68. The van der Waals surface area contributed by atoms with E-state index in [-0.39, 0.29) is 22.8 Å². The third-order valence-electron chi connectivity index (χ3n) is 2.77. The zero-order valence-electron chi connectivity index (χ0n) is 10.9. The van der Waals surface area contributed by atoms with Crippen LogP contribution in [0.1, 0.15) is 41.0 Å². The van der Waals surface area contributed by atoms with Gasteiger partial charge in [0.25, 0.3) is 0 Å². The lowest BCUT2D eigenvalue weighted by Crippen LogP contribution is -2.59. The van der Waals surface area contributed by atoms with Crippen LogP contribution >= 0.6 is 0 Å². The molecule has 16 heavy (non-hydrogen) atoms. The van der Waals surface area contributed by atoms with E-state index in [9.17, 15) is 9.59 Å². The second-order valence-electron chi connectivity index (χ2n) is 6.38. The topological polar surface area (TPSA) is 49.4 Å². The molecule has 1 aliphatic rings. The highest BCUT2D eigenvalue weighted by atomic mass is 16.2. The molecule has 0 aromatic carbocycles. The maximum atomic E-state index is 11.3. The summed E-state index contributed by atoms with van der Waals surface area (Å²) in [6.07, 6.45) is 0.945. The molecule has 0 aromatic rings. The van der Waals surface area contributed by atoms with Crippen molar-refractivity contribution >= 4 is 11.8 Å². The van der Waals surface area contributed by atoms with Crippen molar-refractivity contribution in [2.45, 2.75) is 46.6 Å². The summed E-state index contributed by atoms with van der Waals surface area (Å²) in [5, 5.41) is 2.32. The summed E-state index contributed by atoms with van der Waals surface area (Å²) in [6.45, 7) is 11.3. The Hall–Kier alpha value is -0.900. The minimum atomic E-state index is -0.196. The van der Waals surface area contributed by atoms with Gasteiger partial charge in [-0.2, -0.15) is 0 Å². The summed E-state index contributed by atoms with van der Waals surface area (Å²) in [5.74, 6) is -0.392. The first-order valence-electron chi connectivity index (χ1n) is 5.68. The van der Waals surface area contributed by atoms with Crippen molar-refractivity contribution < 1.29 is 9.59 Å². The number of nitrogens with zero attached hydrogens (tertiary/aromatic N) is 1. The van der Waals surface area contributed by atoms with Gasteiger partial charge in [-0.15, -0.1) is 0 Å². The minimum Gasteiger partial charge on any atom is -0.294 e. The lowest BCUT2D eigenvalue weighted by Gasteiger charge is -2.43. The van der Waals surface area contributed by atoms with E-state index in [0.29, 0.717) is 13.1 Å². The quantitative estimate of drug-likeness (QED) is 0.719. The highest BCUT2D eigenvalue weighted by molar-refractivity contribution is 5.99. The van der Waals surface area contributed by atoms with Crippen molar-refractivity contribution in [1.82, 2.24) is 10.2 Å². The number of nitrogens with one attached hydrogen (secondary N) is 1. The van der Waals surface area contributed by atoms with E-state index in [2.05, 4.69) is 39.9 Å². The van der Waals surface area contributed by atoms with E-state index in [4.69, 9.17) is 0 Å². The summed E-state index contributed by atoms with van der Waals surface area (Å²) in [4.78, 5) is 24.6. The molecule has 0 unspecified atom stereocenters. The van der Waals surface area contributed by atoms with E-state index >= 15 is 0 Å². The van der Waals surface area contributed by atoms with Crippen LogP contribution in [0.2, 0.25) is 0 Å². The Morgan fingerprint density at radius 2 is 1.50 bits per heavy atom. The number of rotatable bonds is 2. The van der Waals surface area contributed by atoms with Gasteiger partial charge in [-0.25, -0.2) is 0 Å². The number of amides is 2. The molecule has 0 bridgehead atoms.